The molecule has 8 heteroatoms. The second kappa shape index (κ2) is 9.84. The van der Waals surface area contributed by atoms with Crippen LogP contribution >= 0.6 is 35.3 Å². The Labute approximate surface area is 180 Å². The predicted octanol–water partition coefficient (Wildman–Crippen LogP) is 4.21. The van der Waals surface area contributed by atoms with Crippen LogP contribution in [0.3, 0.4) is 0 Å². The Balaban J connectivity index is 0.00000261. The summed E-state index contributed by atoms with van der Waals surface area (Å²) < 4.78 is 5.58. The first-order chi connectivity index (χ1) is 12.6. The first-order valence-electron chi connectivity index (χ1n) is 8.46. The predicted molar refractivity (Wildman–Crippen MR) is 121 cm³/mol. The molecule has 0 aliphatic rings. The van der Waals surface area contributed by atoms with Gasteiger partial charge in [-0.15, -0.1) is 35.3 Å². The van der Waals surface area contributed by atoms with E-state index in [0.29, 0.717) is 24.9 Å². The summed E-state index contributed by atoms with van der Waals surface area (Å²) in [6.45, 7) is 7.04. The molecule has 0 aliphatic heterocycles. The second-order valence-electron chi connectivity index (χ2n) is 5.92. The van der Waals surface area contributed by atoms with Crippen molar-refractivity contribution < 1.29 is 4.42 Å². The molecule has 27 heavy (non-hydrogen) atoms. The first-order valence-corrected chi connectivity index (χ1v) is 9.27. The third kappa shape index (κ3) is 5.52. The zero-order chi connectivity index (χ0) is 18.5. The lowest BCUT2D eigenvalue weighted by molar-refractivity contribution is 0.463. The summed E-state index contributed by atoms with van der Waals surface area (Å²) in [5.41, 5.74) is 3.10. The smallest absolute Gasteiger partial charge is 0.214 e. The van der Waals surface area contributed by atoms with Crippen LogP contribution in [0.5, 0.6) is 0 Å². The Hall–Kier alpha value is -1.94. The summed E-state index contributed by atoms with van der Waals surface area (Å²) in [6.07, 6.45) is 0. The summed E-state index contributed by atoms with van der Waals surface area (Å²) in [7, 11) is 1.75. The number of nitrogens with one attached hydrogen (secondary N) is 2. The van der Waals surface area contributed by atoms with Crippen LogP contribution in [-0.2, 0) is 13.1 Å². The van der Waals surface area contributed by atoms with Gasteiger partial charge in [-0.25, -0.2) is 9.97 Å². The van der Waals surface area contributed by atoms with Gasteiger partial charge in [0.15, 0.2) is 5.96 Å². The fraction of sp³-hybridized carbons (Fsp3) is 0.316. The Morgan fingerprint density at radius 1 is 1.04 bits per heavy atom. The quantitative estimate of drug-likeness (QED) is 0.314. The summed E-state index contributed by atoms with van der Waals surface area (Å²) in [6, 6.07) is 10.2. The fourth-order valence-corrected chi connectivity index (χ4v) is 3.46. The van der Waals surface area contributed by atoms with Gasteiger partial charge in [-0.1, -0.05) is 30.3 Å². The van der Waals surface area contributed by atoms with Gasteiger partial charge >= 0.3 is 0 Å². The molecule has 0 bridgehead atoms. The number of hydrogen-bond acceptors (Lipinski definition) is 5. The molecule has 0 atom stereocenters. The molecule has 0 radical (unpaired) electrons. The van der Waals surface area contributed by atoms with Gasteiger partial charge in [0.2, 0.25) is 5.89 Å². The molecule has 0 spiro atoms. The van der Waals surface area contributed by atoms with Gasteiger partial charge in [0.1, 0.15) is 10.8 Å². The Kier molecular flexibility index (Phi) is 7.78. The number of aromatic nitrogens is 2. The van der Waals surface area contributed by atoms with Crippen molar-refractivity contribution in [3.05, 3.63) is 58.2 Å². The van der Waals surface area contributed by atoms with Crippen molar-refractivity contribution in [2.24, 2.45) is 4.99 Å². The van der Waals surface area contributed by atoms with E-state index in [-0.39, 0.29) is 24.0 Å². The lowest BCUT2D eigenvalue weighted by Gasteiger charge is -2.09. The van der Waals surface area contributed by atoms with E-state index in [4.69, 9.17) is 4.42 Å². The Morgan fingerprint density at radius 2 is 1.74 bits per heavy atom. The monoisotopic (exact) mass is 497 g/mol. The standard InChI is InChI=1S/C19H23N5OS.HI/c1-12-14(3)25-17(23-12)11-22-19(20-4)21-10-16-13(2)24-18(26-16)15-8-6-5-7-9-15;/h5-9H,10-11H2,1-4H3,(H2,20,21,22);1H. The van der Waals surface area contributed by atoms with Crippen molar-refractivity contribution in [2.75, 3.05) is 7.05 Å². The number of guanidine groups is 1. The summed E-state index contributed by atoms with van der Waals surface area (Å²) in [4.78, 5) is 14.5. The van der Waals surface area contributed by atoms with E-state index in [0.717, 1.165) is 27.7 Å². The molecule has 0 unspecified atom stereocenters. The van der Waals surface area contributed by atoms with Crippen LogP contribution in [0.25, 0.3) is 10.6 Å². The number of nitrogens with zero attached hydrogens (tertiary/aromatic N) is 3. The second-order valence-corrected chi connectivity index (χ2v) is 7.01. The van der Waals surface area contributed by atoms with Crippen molar-refractivity contribution in [3.63, 3.8) is 0 Å². The van der Waals surface area contributed by atoms with Gasteiger partial charge in [-0.05, 0) is 20.8 Å². The molecule has 3 aromatic rings. The van der Waals surface area contributed by atoms with Crippen molar-refractivity contribution in [2.45, 2.75) is 33.9 Å². The van der Waals surface area contributed by atoms with Crippen LogP contribution in [-0.4, -0.2) is 23.0 Å². The number of thiazole rings is 1. The SMILES string of the molecule is CN=C(NCc1nc(C)c(C)o1)NCc1sc(-c2ccccc2)nc1C.I. The molecular weight excluding hydrogens is 473 g/mol. The van der Waals surface area contributed by atoms with E-state index in [1.807, 2.05) is 39.0 Å². The number of rotatable bonds is 5. The number of aryl methyl sites for hydroxylation is 3. The highest BCUT2D eigenvalue weighted by Crippen LogP contribution is 2.27. The van der Waals surface area contributed by atoms with Gasteiger partial charge in [0.05, 0.1) is 24.5 Å². The van der Waals surface area contributed by atoms with Crippen LogP contribution in [0, 0.1) is 20.8 Å². The normalized spacial score (nSPS) is 11.2. The lowest BCUT2D eigenvalue weighted by atomic mass is 10.2. The maximum absolute atomic E-state index is 5.58. The Morgan fingerprint density at radius 3 is 2.37 bits per heavy atom. The van der Waals surface area contributed by atoms with Crippen LogP contribution < -0.4 is 10.6 Å². The summed E-state index contributed by atoms with van der Waals surface area (Å²) in [5, 5.41) is 7.58. The molecule has 0 saturated heterocycles. The third-order valence-electron chi connectivity index (χ3n) is 4.03. The van der Waals surface area contributed by atoms with Crippen molar-refractivity contribution >= 4 is 41.3 Å². The highest BCUT2D eigenvalue weighted by Gasteiger charge is 2.11. The van der Waals surface area contributed by atoms with Crippen LogP contribution in [0.1, 0.15) is 27.9 Å². The van der Waals surface area contributed by atoms with Gasteiger partial charge in [-0.2, -0.15) is 0 Å². The largest absolute Gasteiger partial charge is 0.444 e. The minimum atomic E-state index is 0. The summed E-state index contributed by atoms with van der Waals surface area (Å²) >= 11 is 1.70. The average Bonchev–Trinajstić information content (AvgIpc) is 3.18. The van der Waals surface area contributed by atoms with Gasteiger partial charge in [0.25, 0.3) is 0 Å². The van der Waals surface area contributed by atoms with E-state index in [1.54, 1.807) is 18.4 Å². The van der Waals surface area contributed by atoms with E-state index in [1.165, 1.54) is 4.88 Å². The molecule has 144 valence electrons. The molecule has 2 N–H and O–H groups in total. The molecular formula is C19H24IN5OS. The van der Waals surface area contributed by atoms with Gasteiger partial charge in [-0.3, -0.25) is 4.99 Å². The van der Waals surface area contributed by atoms with Crippen LogP contribution in [0.2, 0.25) is 0 Å². The molecule has 2 heterocycles. The number of benzene rings is 1. The van der Waals surface area contributed by atoms with Crippen LogP contribution in [0.15, 0.2) is 39.7 Å². The number of hydrogen-bond donors (Lipinski definition) is 2. The summed E-state index contributed by atoms with van der Waals surface area (Å²) in [5.74, 6) is 2.20. The number of aliphatic imine (C=N–C) groups is 1. The third-order valence-corrected chi connectivity index (χ3v) is 5.24. The molecule has 3 rings (SSSR count). The number of halogens is 1. The van der Waals surface area contributed by atoms with E-state index in [2.05, 4.69) is 37.7 Å². The Bertz CT molecular complexity index is 885. The average molecular weight is 497 g/mol. The van der Waals surface area contributed by atoms with Gasteiger partial charge < -0.3 is 15.1 Å². The maximum Gasteiger partial charge on any atom is 0.214 e. The minimum absolute atomic E-state index is 0. The fourth-order valence-electron chi connectivity index (χ4n) is 2.45. The maximum atomic E-state index is 5.58. The molecule has 6 nitrogen and oxygen atoms in total. The first kappa shape index (κ1) is 21.4. The molecule has 2 aromatic heterocycles. The highest BCUT2D eigenvalue weighted by molar-refractivity contribution is 14.0. The molecule has 0 aliphatic carbocycles. The van der Waals surface area contributed by atoms with E-state index >= 15 is 0 Å². The zero-order valence-electron chi connectivity index (χ0n) is 15.9. The number of oxazole rings is 1. The topological polar surface area (TPSA) is 75.3 Å². The lowest BCUT2D eigenvalue weighted by Crippen LogP contribution is -2.36. The van der Waals surface area contributed by atoms with Crippen LogP contribution in [0.4, 0.5) is 0 Å². The molecule has 0 saturated carbocycles. The molecule has 0 fully saturated rings. The minimum Gasteiger partial charge on any atom is -0.444 e. The van der Waals surface area contributed by atoms with Crippen molar-refractivity contribution in [1.29, 1.82) is 0 Å². The molecule has 1 aromatic carbocycles. The molecule has 0 amide bonds. The highest BCUT2D eigenvalue weighted by atomic mass is 127. The van der Waals surface area contributed by atoms with Crippen molar-refractivity contribution in [3.8, 4) is 10.6 Å². The zero-order valence-corrected chi connectivity index (χ0v) is 19.0. The van der Waals surface area contributed by atoms with E-state index in [9.17, 15) is 0 Å². The van der Waals surface area contributed by atoms with E-state index < -0.39 is 0 Å². The van der Waals surface area contributed by atoms with Crippen molar-refractivity contribution in [1.82, 2.24) is 20.6 Å². The van der Waals surface area contributed by atoms with Gasteiger partial charge in [0, 0.05) is 17.5 Å².